The number of hydrogen-bond donors (Lipinski definition) is 1. The van der Waals surface area contributed by atoms with Gasteiger partial charge < -0.3 is 19.7 Å². The maximum Gasteiger partial charge on any atom is 0.407 e. The lowest BCUT2D eigenvalue weighted by atomic mass is 9.90. The molecule has 2 aliphatic rings. The number of nitrogens with zero attached hydrogens (tertiary/aromatic N) is 1. The Morgan fingerprint density at radius 1 is 1.30 bits per heavy atom. The fourth-order valence-electron chi connectivity index (χ4n) is 3.06. The molecule has 2 amide bonds. The van der Waals surface area contributed by atoms with Crippen molar-refractivity contribution in [2.45, 2.75) is 44.7 Å². The Hall–Kier alpha value is -1.30. The quantitative estimate of drug-likeness (QED) is 0.844. The summed E-state index contributed by atoms with van der Waals surface area (Å²) in [6.45, 7) is 4.13. The summed E-state index contributed by atoms with van der Waals surface area (Å²) < 4.78 is 10.00. The Kier molecular flexibility index (Phi) is 5.23. The molecule has 2 heterocycles. The number of alkyl carbamates (subject to hydrolysis) is 1. The molecule has 0 spiro atoms. The minimum absolute atomic E-state index is 0.0206. The summed E-state index contributed by atoms with van der Waals surface area (Å²) in [7, 11) is 1.32. The molecule has 0 bridgehead atoms. The zero-order valence-corrected chi connectivity index (χ0v) is 12.3. The molecule has 0 aromatic carbocycles. The summed E-state index contributed by atoms with van der Waals surface area (Å²) in [5, 5.41) is 2.73. The number of methoxy groups -OCH3 is 1. The highest BCUT2D eigenvalue weighted by Gasteiger charge is 2.37. The highest BCUT2D eigenvalue weighted by Crippen LogP contribution is 2.24. The van der Waals surface area contributed by atoms with Crippen LogP contribution in [0.15, 0.2) is 0 Å². The number of carbonyl (C=O) groups excluding carboxylic acids is 2. The van der Waals surface area contributed by atoms with E-state index in [9.17, 15) is 9.59 Å². The van der Waals surface area contributed by atoms with Gasteiger partial charge in [-0.3, -0.25) is 4.79 Å². The third kappa shape index (κ3) is 3.42. The van der Waals surface area contributed by atoms with E-state index in [4.69, 9.17) is 4.74 Å². The lowest BCUT2D eigenvalue weighted by molar-refractivity contribution is -0.136. The average Bonchev–Trinajstić information content (AvgIpc) is 2.91. The predicted molar refractivity (Wildman–Crippen MR) is 73.3 cm³/mol. The van der Waals surface area contributed by atoms with Crippen LogP contribution in [0.5, 0.6) is 0 Å². The molecular formula is C14H24N2O4. The standard InChI is InChI=1S/C14H24N2O4/c1-10-4-3-7-16(10)13(17)12(15-14(18)19-2)11-5-8-20-9-6-11/h10-12H,3-9H2,1-2H3,(H,15,18)/t10?,12-/m0/s1. The molecule has 2 saturated heterocycles. The van der Waals surface area contributed by atoms with Crippen molar-refractivity contribution in [2.24, 2.45) is 5.92 Å². The second-order valence-electron chi connectivity index (χ2n) is 5.59. The first kappa shape index (κ1) is 15.1. The molecule has 2 atom stereocenters. The van der Waals surface area contributed by atoms with Crippen molar-refractivity contribution in [2.75, 3.05) is 26.9 Å². The smallest absolute Gasteiger partial charge is 0.407 e. The fourth-order valence-corrected chi connectivity index (χ4v) is 3.06. The van der Waals surface area contributed by atoms with Crippen LogP contribution in [0.25, 0.3) is 0 Å². The van der Waals surface area contributed by atoms with Gasteiger partial charge in [0.1, 0.15) is 6.04 Å². The lowest BCUT2D eigenvalue weighted by Gasteiger charge is -2.33. The molecule has 2 aliphatic heterocycles. The van der Waals surface area contributed by atoms with E-state index in [1.807, 2.05) is 4.90 Å². The van der Waals surface area contributed by atoms with Crippen molar-refractivity contribution < 1.29 is 19.1 Å². The van der Waals surface area contributed by atoms with E-state index in [1.54, 1.807) is 0 Å². The van der Waals surface area contributed by atoms with Gasteiger partial charge in [-0.25, -0.2) is 4.79 Å². The summed E-state index contributed by atoms with van der Waals surface area (Å²) >= 11 is 0. The Bertz CT molecular complexity index is 355. The zero-order chi connectivity index (χ0) is 14.5. The molecule has 0 saturated carbocycles. The van der Waals surface area contributed by atoms with E-state index in [0.717, 1.165) is 32.2 Å². The first-order valence-electron chi connectivity index (χ1n) is 7.36. The van der Waals surface area contributed by atoms with Crippen molar-refractivity contribution >= 4 is 12.0 Å². The number of nitrogens with one attached hydrogen (secondary N) is 1. The molecule has 2 fully saturated rings. The topological polar surface area (TPSA) is 67.9 Å². The molecule has 1 unspecified atom stereocenters. The van der Waals surface area contributed by atoms with Crippen molar-refractivity contribution in [3.63, 3.8) is 0 Å². The van der Waals surface area contributed by atoms with E-state index in [-0.39, 0.29) is 17.9 Å². The maximum atomic E-state index is 12.7. The fraction of sp³-hybridized carbons (Fsp3) is 0.857. The largest absolute Gasteiger partial charge is 0.453 e. The molecule has 6 heteroatoms. The van der Waals surface area contributed by atoms with Gasteiger partial charge >= 0.3 is 6.09 Å². The van der Waals surface area contributed by atoms with Crippen LogP contribution in [0.2, 0.25) is 0 Å². The number of likely N-dealkylation sites (tertiary alicyclic amines) is 1. The van der Waals surface area contributed by atoms with E-state index in [2.05, 4.69) is 17.0 Å². The van der Waals surface area contributed by atoms with Crippen LogP contribution in [-0.2, 0) is 14.3 Å². The summed E-state index contributed by atoms with van der Waals surface area (Å²) in [5.74, 6) is 0.149. The van der Waals surface area contributed by atoms with Gasteiger partial charge in [0.25, 0.3) is 0 Å². The highest BCUT2D eigenvalue weighted by molar-refractivity contribution is 5.86. The van der Waals surface area contributed by atoms with Gasteiger partial charge in [-0.05, 0) is 38.5 Å². The monoisotopic (exact) mass is 284 g/mol. The molecule has 20 heavy (non-hydrogen) atoms. The molecule has 1 N–H and O–H groups in total. The number of rotatable bonds is 3. The van der Waals surface area contributed by atoms with Crippen LogP contribution in [0.1, 0.15) is 32.6 Å². The van der Waals surface area contributed by atoms with Crippen molar-refractivity contribution in [1.82, 2.24) is 10.2 Å². The summed E-state index contributed by atoms with van der Waals surface area (Å²) in [6, 6.07) is -0.240. The number of ether oxygens (including phenoxy) is 2. The lowest BCUT2D eigenvalue weighted by Crippen LogP contribution is -2.54. The van der Waals surface area contributed by atoms with Gasteiger partial charge in [0, 0.05) is 25.8 Å². The molecular weight excluding hydrogens is 260 g/mol. The maximum absolute atomic E-state index is 12.7. The van der Waals surface area contributed by atoms with Gasteiger partial charge in [0.15, 0.2) is 0 Å². The highest BCUT2D eigenvalue weighted by atomic mass is 16.5. The van der Waals surface area contributed by atoms with Crippen LogP contribution in [-0.4, -0.2) is 55.9 Å². The Balaban J connectivity index is 2.07. The van der Waals surface area contributed by atoms with Crippen molar-refractivity contribution in [3.8, 4) is 0 Å². The summed E-state index contributed by atoms with van der Waals surface area (Å²) in [4.78, 5) is 26.1. The van der Waals surface area contributed by atoms with Crippen LogP contribution >= 0.6 is 0 Å². The van der Waals surface area contributed by atoms with Crippen LogP contribution < -0.4 is 5.32 Å². The summed E-state index contributed by atoms with van der Waals surface area (Å²) in [6.07, 6.45) is 3.11. The van der Waals surface area contributed by atoms with Gasteiger partial charge in [-0.2, -0.15) is 0 Å². The number of carbonyl (C=O) groups is 2. The summed E-state index contributed by atoms with van der Waals surface area (Å²) in [5.41, 5.74) is 0. The van der Waals surface area contributed by atoms with E-state index >= 15 is 0 Å². The molecule has 0 aromatic rings. The zero-order valence-electron chi connectivity index (χ0n) is 12.3. The Morgan fingerprint density at radius 3 is 2.55 bits per heavy atom. The normalized spacial score (nSPS) is 25.3. The average molecular weight is 284 g/mol. The second kappa shape index (κ2) is 6.92. The van der Waals surface area contributed by atoms with E-state index in [1.165, 1.54) is 7.11 Å². The van der Waals surface area contributed by atoms with Gasteiger partial charge in [0.05, 0.1) is 7.11 Å². The van der Waals surface area contributed by atoms with Crippen LogP contribution in [0, 0.1) is 5.92 Å². The Labute approximate surface area is 119 Å². The van der Waals surface area contributed by atoms with Crippen molar-refractivity contribution in [3.05, 3.63) is 0 Å². The third-order valence-electron chi connectivity index (χ3n) is 4.30. The predicted octanol–water partition coefficient (Wildman–Crippen LogP) is 1.15. The van der Waals surface area contributed by atoms with Gasteiger partial charge in [-0.1, -0.05) is 0 Å². The Morgan fingerprint density at radius 2 is 2.00 bits per heavy atom. The molecule has 6 nitrogen and oxygen atoms in total. The van der Waals surface area contributed by atoms with E-state index in [0.29, 0.717) is 13.2 Å². The molecule has 0 radical (unpaired) electrons. The number of amides is 2. The first-order chi connectivity index (χ1) is 9.63. The molecule has 0 aromatic heterocycles. The second-order valence-corrected chi connectivity index (χ2v) is 5.59. The van der Waals surface area contributed by atoms with Gasteiger partial charge in [-0.15, -0.1) is 0 Å². The first-order valence-corrected chi connectivity index (χ1v) is 7.36. The molecule has 114 valence electrons. The minimum Gasteiger partial charge on any atom is -0.453 e. The van der Waals surface area contributed by atoms with Crippen molar-refractivity contribution in [1.29, 1.82) is 0 Å². The molecule has 2 rings (SSSR count). The molecule has 0 aliphatic carbocycles. The van der Waals surface area contributed by atoms with E-state index < -0.39 is 12.1 Å². The SMILES string of the molecule is COC(=O)N[C@H](C(=O)N1CCCC1C)C1CCOCC1. The van der Waals surface area contributed by atoms with Crippen LogP contribution in [0.4, 0.5) is 4.79 Å². The number of hydrogen-bond acceptors (Lipinski definition) is 4. The van der Waals surface area contributed by atoms with Crippen LogP contribution in [0.3, 0.4) is 0 Å². The third-order valence-corrected chi connectivity index (χ3v) is 4.30. The van der Waals surface area contributed by atoms with Gasteiger partial charge in [0.2, 0.25) is 5.91 Å². The minimum atomic E-state index is -0.540.